The Balaban J connectivity index is 1.21. The van der Waals surface area contributed by atoms with Crippen LogP contribution in [0.15, 0.2) is 35.1 Å². The number of aliphatic hydroxyl groups is 1. The molecule has 1 aromatic heterocycles. The molecule has 2 aromatic rings. The van der Waals surface area contributed by atoms with Crippen LogP contribution in [0.1, 0.15) is 55.9 Å². The minimum atomic E-state index is -2.93. The molecule has 4 atom stereocenters. The Hall–Kier alpha value is -2.27. The zero-order valence-corrected chi connectivity index (χ0v) is 22.5. The van der Waals surface area contributed by atoms with Crippen molar-refractivity contribution in [3.05, 3.63) is 46.2 Å². The highest BCUT2D eigenvalue weighted by Gasteiger charge is 2.42. The van der Waals surface area contributed by atoms with Crippen molar-refractivity contribution in [3.8, 4) is 0 Å². The maximum Gasteiger partial charge on any atom is 0.264 e. The van der Waals surface area contributed by atoms with Crippen LogP contribution < -0.4 is 10.9 Å². The van der Waals surface area contributed by atoms with Gasteiger partial charge in [-0.05, 0) is 57.0 Å². The second kappa shape index (κ2) is 10.5. The summed E-state index contributed by atoms with van der Waals surface area (Å²) < 4.78 is 25.0. The van der Waals surface area contributed by atoms with Crippen molar-refractivity contribution < 1.29 is 18.3 Å². The number of hydrogen-bond donors (Lipinski definition) is 2. The number of nitrogens with one attached hydrogen (secondary N) is 1. The molecule has 37 heavy (non-hydrogen) atoms. The van der Waals surface area contributed by atoms with E-state index in [-0.39, 0.29) is 52.7 Å². The molecule has 1 amide bonds. The van der Waals surface area contributed by atoms with Crippen molar-refractivity contribution in [1.29, 1.82) is 0 Å². The molecule has 0 saturated carbocycles. The SMILES string of the molecule is CC(C)n1c(=O)c(C(=O)NC2C[C@H]3CC[C@@H](C2)N3CC(O)CN2CCS(=O)(=O)CC2)cc2ccccc21. The predicted molar refractivity (Wildman–Crippen MR) is 144 cm³/mol. The molecule has 0 aliphatic carbocycles. The number of aliphatic hydroxyl groups excluding tert-OH is 1. The largest absolute Gasteiger partial charge is 0.390 e. The summed E-state index contributed by atoms with van der Waals surface area (Å²) >= 11 is 0. The van der Waals surface area contributed by atoms with Crippen molar-refractivity contribution in [3.63, 3.8) is 0 Å². The van der Waals surface area contributed by atoms with Crippen molar-refractivity contribution in [2.75, 3.05) is 37.7 Å². The maximum atomic E-state index is 13.3. The minimum absolute atomic E-state index is 0.0101. The second-order valence-electron chi connectivity index (χ2n) is 11.2. The molecule has 2 unspecified atom stereocenters. The van der Waals surface area contributed by atoms with E-state index >= 15 is 0 Å². The van der Waals surface area contributed by atoms with E-state index in [9.17, 15) is 23.1 Å². The van der Waals surface area contributed by atoms with Gasteiger partial charge in [0.15, 0.2) is 9.84 Å². The number of piperidine rings is 1. The summed E-state index contributed by atoms with van der Waals surface area (Å²) in [7, 11) is -2.93. The van der Waals surface area contributed by atoms with Gasteiger partial charge in [-0.1, -0.05) is 18.2 Å². The lowest BCUT2D eigenvalue weighted by atomic mass is 9.96. The molecule has 2 N–H and O–H groups in total. The van der Waals surface area contributed by atoms with E-state index in [1.54, 1.807) is 10.6 Å². The summed E-state index contributed by atoms with van der Waals surface area (Å²) in [5.41, 5.74) is 0.747. The van der Waals surface area contributed by atoms with Crippen molar-refractivity contribution >= 4 is 26.6 Å². The third kappa shape index (κ3) is 5.62. The van der Waals surface area contributed by atoms with Crippen LogP contribution in [0.25, 0.3) is 10.9 Å². The number of carbonyl (C=O) groups excluding carboxylic acids is 1. The number of sulfone groups is 1. The Labute approximate surface area is 218 Å². The Morgan fingerprint density at radius 1 is 1.08 bits per heavy atom. The smallest absolute Gasteiger partial charge is 0.264 e. The van der Waals surface area contributed by atoms with Gasteiger partial charge in [0.25, 0.3) is 11.5 Å². The van der Waals surface area contributed by atoms with E-state index in [0.717, 1.165) is 36.6 Å². The zero-order chi connectivity index (χ0) is 26.3. The number of amides is 1. The monoisotopic (exact) mass is 530 g/mol. The summed E-state index contributed by atoms with van der Waals surface area (Å²) in [6.45, 7) is 5.90. The Morgan fingerprint density at radius 3 is 2.38 bits per heavy atom. The molecular weight excluding hydrogens is 492 g/mol. The lowest BCUT2D eigenvalue weighted by Gasteiger charge is -2.40. The molecule has 1 aromatic carbocycles. The van der Waals surface area contributed by atoms with Gasteiger partial charge in [0.05, 0.1) is 23.1 Å². The highest BCUT2D eigenvalue weighted by molar-refractivity contribution is 7.91. The molecule has 0 spiro atoms. The molecular formula is C27H38N4O5S. The highest BCUT2D eigenvalue weighted by Crippen LogP contribution is 2.36. The molecule has 9 nitrogen and oxygen atoms in total. The summed E-state index contributed by atoms with van der Waals surface area (Å²) in [6, 6.07) is 9.84. The molecule has 3 fully saturated rings. The number of aromatic nitrogens is 1. The lowest BCUT2D eigenvalue weighted by molar-refractivity contribution is 0.0342. The number of rotatable bonds is 7. The van der Waals surface area contributed by atoms with Gasteiger partial charge < -0.3 is 15.0 Å². The summed E-state index contributed by atoms with van der Waals surface area (Å²) in [5, 5.41) is 14.8. The quantitative estimate of drug-likeness (QED) is 0.557. The predicted octanol–water partition coefficient (Wildman–Crippen LogP) is 1.40. The van der Waals surface area contributed by atoms with Gasteiger partial charge in [0, 0.05) is 50.3 Å². The normalized spacial score (nSPS) is 27.0. The molecule has 3 aliphatic heterocycles. The molecule has 3 saturated heterocycles. The number of hydrogen-bond acceptors (Lipinski definition) is 7. The number of nitrogens with zero attached hydrogens (tertiary/aromatic N) is 3. The number of para-hydroxylation sites is 1. The molecule has 202 valence electrons. The van der Waals surface area contributed by atoms with E-state index in [1.807, 2.05) is 43.0 Å². The minimum Gasteiger partial charge on any atom is -0.390 e. The van der Waals surface area contributed by atoms with Crippen LogP contribution in [0, 0.1) is 0 Å². The van der Waals surface area contributed by atoms with Crippen LogP contribution in [0.5, 0.6) is 0 Å². The summed E-state index contributed by atoms with van der Waals surface area (Å²) in [6.07, 6.45) is 3.11. The Bertz CT molecular complexity index is 1300. The first-order valence-corrected chi connectivity index (χ1v) is 15.2. The summed E-state index contributed by atoms with van der Waals surface area (Å²) in [4.78, 5) is 30.9. The number of benzene rings is 1. The summed E-state index contributed by atoms with van der Waals surface area (Å²) in [5.74, 6) is 0.00785. The van der Waals surface area contributed by atoms with Gasteiger partial charge in [-0.2, -0.15) is 0 Å². The molecule has 2 bridgehead atoms. The molecule has 4 heterocycles. The van der Waals surface area contributed by atoms with Crippen LogP contribution in [0.4, 0.5) is 0 Å². The van der Waals surface area contributed by atoms with Gasteiger partial charge in [-0.15, -0.1) is 0 Å². The van der Waals surface area contributed by atoms with Crippen molar-refractivity contribution in [1.82, 2.24) is 19.7 Å². The zero-order valence-electron chi connectivity index (χ0n) is 21.7. The third-order valence-corrected chi connectivity index (χ3v) is 9.86. The van der Waals surface area contributed by atoms with E-state index < -0.39 is 15.9 Å². The first kappa shape index (κ1) is 26.3. The first-order valence-electron chi connectivity index (χ1n) is 13.4. The van der Waals surface area contributed by atoms with Gasteiger partial charge in [0.2, 0.25) is 0 Å². The van der Waals surface area contributed by atoms with Crippen molar-refractivity contribution in [2.45, 2.75) is 69.8 Å². The van der Waals surface area contributed by atoms with Gasteiger partial charge >= 0.3 is 0 Å². The molecule has 3 aliphatic rings. The number of β-amino-alcohol motifs (C(OH)–C–C–N with tert-alkyl or cyclic N) is 1. The van der Waals surface area contributed by atoms with E-state index in [0.29, 0.717) is 26.2 Å². The molecule has 5 rings (SSSR count). The van der Waals surface area contributed by atoms with Crippen LogP contribution in [-0.4, -0.2) is 95.7 Å². The van der Waals surface area contributed by atoms with Crippen LogP contribution in [0.3, 0.4) is 0 Å². The first-order chi connectivity index (χ1) is 17.6. The Morgan fingerprint density at radius 2 is 1.73 bits per heavy atom. The number of carbonyl (C=O) groups is 1. The van der Waals surface area contributed by atoms with Gasteiger partial charge in [-0.25, -0.2) is 8.42 Å². The van der Waals surface area contributed by atoms with Crippen LogP contribution in [-0.2, 0) is 9.84 Å². The molecule has 10 heteroatoms. The second-order valence-corrected chi connectivity index (χ2v) is 13.5. The van der Waals surface area contributed by atoms with E-state index in [4.69, 9.17) is 0 Å². The fourth-order valence-corrected chi connectivity index (χ4v) is 7.72. The van der Waals surface area contributed by atoms with Crippen molar-refractivity contribution in [2.24, 2.45) is 0 Å². The van der Waals surface area contributed by atoms with Gasteiger partial charge in [-0.3, -0.25) is 19.4 Å². The van der Waals surface area contributed by atoms with Gasteiger partial charge in [0.1, 0.15) is 5.56 Å². The average Bonchev–Trinajstić information content (AvgIpc) is 3.06. The fraction of sp³-hybridized carbons (Fsp3) is 0.630. The lowest BCUT2D eigenvalue weighted by Crippen LogP contribution is -2.54. The highest BCUT2D eigenvalue weighted by atomic mass is 32.2. The Kier molecular flexibility index (Phi) is 7.46. The number of fused-ring (bicyclic) bond motifs is 3. The van der Waals surface area contributed by atoms with Crippen LogP contribution >= 0.6 is 0 Å². The maximum absolute atomic E-state index is 13.3. The average molecular weight is 531 g/mol. The number of pyridine rings is 1. The van der Waals surface area contributed by atoms with Crippen LogP contribution in [0.2, 0.25) is 0 Å². The molecule has 0 radical (unpaired) electrons. The standard InChI is InChI=1S/C27H38N4O5S/c1-18(2)31-25-6-4-3-5-19(25)13-24(27(31)34)26(33)28-20-14-21-7-8-22(15-20)30(21)17-23(32)16-29-9-11-37(35,36)12-10-29/h3-6,13,18,20-23,32H,7-12,14-17H2,1-2H3,(H,28,33)/t20?,21-,22+,23?. The fourth-order valence-electron chi connectivity index (χ4n) is 6.45. The van der Waals surface area contributed by atoms with E-state index in [1.165, 1.54) is 0 Å². The third-order valence-electron chi connectivity index (χ3n) is 8.25. The topological polar surface area (TPSA) is 112 Å². The van der Waals surface area contributed by atoms with E-state index in [2.05, 4.69) is 10.2 Å².